The molecule has 0 amide bonds. The van der Waals surface area contributed by atoms with Crippen LogP contribution in [0, 0.1) is 0 Å². The molecule has 0 saturated carbocycles. The summed E-state index contributed by atoms with van der Waals surface area (Å²) in [6.45, 7) is 0.0415. The van der Waals surface area contributed by atoms with Crippen LogP contribution < -0.4 is 4.72 Å². The number of anilines is 1. The van der Waals surface area contributed by atoms with E-state index in [9.17, 15) is 13.2 Å². The fraction of sp³-hybridized carbons (Fsp3) is 0.556. The van der Waals surface area contributed by atoms with E-state index in [1.54, 1.807) is 7.05 Å². The minimum Gasteiger partial charge on any atom is -0.469 e. The van der Waals surface area contributed by atoms with E-state index >= 15 is 0 Å². The van der Waals surface area contributed by atoms with E-state index in [2.05, 4.69) is 14.6 Å². The summed E-state index contributed by atoms with van der Waals surface area (Å²) in [5.74, 6) is -0.113. The lowest BCUT2D eigenvalue weighted by atomic mass is 10.4. The molecular weight excluding hydrogens is 260 g/mol. The summed E-state index contributed by atoms with van der Waals surface area (Å²) >= 11 is 0. The Bertz CT molecular complexity index is 510. The van der Waals surface area contributed by atoms with Crippen LogP contribution in [0.2, 0.25) is 0 Å². The molecule has 0 unspecified atom stereocenters. The largest absolute Gasteiger partial charge is 0.469 e. The van der Waals surface area contributed by atoms with Crippen molar-refractivity contribution in [3.05, 3.63) is 12.3 Å². The fourth-order valence-electron chi connectivity index (χ4n) is 1.16. The van der Waals surface area contributed by atoms with Gasteiger partial charge in [0.05, 0.1) is 19.7 Å². The molecule has 0 bridgehead atoms. The van der Waals surface area contributed by atoms with Gasteiger partial charge in [-0.2, -0.15) is 17.8 Å². The standard InChI is InChI=1S/C9H16N4O4S/c1-12(7-5-9(14)17-3)18(15,16)11-8-4-6-10-13(8)2/h4,6,11H,5,7H2,1-3H3. The molecule has 0 spiro atoms. The maximum absolute atomic E-state index is 11.9. The van der Waals surface area contributed by atoms with Crippen molar-refractivity contribution in [3.8, 4) is 0 Å². The number of carbonyl (C=O) groups excluding carboxylic acids is 1. The van der Waals surface area contributed by atoms with Crippen LogP contribution in [0.3, 0.4) is 0 Å². The van der Waals surface area contributed by atoms with Crippen molar-refractivity contribution in [1.82, 2.24) is 14.1 Å². The van der Waals surface area contributed by atoms with Gasteiger partial charge >= 0.3 is 16.2 Å². The zero-order valence-electron chi connectivity index (χ0n) is 10.5. The zero-order chi connectivity index (χ0) is 13.8. The summed E-state index contributed by atoms with van der Waals surface area (Å²) in [7, 11) is 0.554. The first kappa shape index (κ1) is 14.5. The number of ether oxygens (including phenoxy) is 1. The summed E-state index contributed by atoms with van der Waals surface area (Å²) in [6, 6.07) is 1.53. The van der Waals surface area contributed by atoms with Crippen molar-refractivity contribution < 1.29 is 17.9 Å². The summed E-state index contributed by atoms with van der Waals surface area (Å²) in [5, 5.41) is 3.84. The highest BCUT2D eigenvalue weighted by Crippen LogP contribution is 2.09. The lowest BCUT2D eigenvalue weighted by Gasteiger charge is -2.17. The molecule has 0 aliphatic rings. The highest BCUT2D eigenvalue weighted by Gasteiger charge is 2.19. The highest BCUT2D eigenvalue weighted by molar-refractivity contribution is 7.90. The average Bonchev–Trinajstić information content (AvgIpc) is 2.70. The molecule has 0 aromatic carbocycles. The number of nitrogens with one attached hydrogen (secondary N) is 1. The van der Waals surface area contributed by atoms with Gasteiger partial charge in [-0.25, -0.2) is 0 Å². The Morgan fingerprint density at radius 3 is 2.78 bits per heavy atom. The van der Waals surface area contributed by atoms with Crippen LogP contribution in [0.1, 0.15) is 6.42 Å². The zero-order valence-corrected chi connectivity index (χ0v) is 11.3. The Balaban J connectivity index is 2.63. The molecule has 0 aliphatic carbocycles. The first-order valence-corrected chi connectivity index (χ1v) is 6.59. The number of aromatic nitrogens is 2. The summed E-state index contributed by atoms with van der Waals surface area (Å²) in [5.41, 5.74) is 0. The van der Waals surface area contributed by atoms with Crippen LogP contribution in [0.15, 0.2) is 12.3 Å². The highest BCUT2D eigenvalue weighted by atomic mass is 32.2. The Hall–Kier alpha value is -1.61. The van der Waals surface area contributed by atoms with Crippen molar-refractivity contribution in [1.29, 1.82) is 0 Å². The molecule has 0 saturated heterocycles. The molecule has 8 nitrogen and oxygen atoms in total. The topological polar surface area (TPSA) is 93.5 Å². The number of hydrogen-bond acceptors (Lipinski definition) is 5. The van der Waals surface area contributed by atoms with E-state index in [0.717, 1.165) is 4.31 Å². The van der Waals surface area contributed by atoms with Crippen LogP contribution in [0.25, 0.3) is 0 Å². The first-order chi connectivity index (χ1) is 8.36. The Labute approximate surface area is 106 Å². The number of aryl methyl sites for hydroxylation is 1. The molecule has 0 atom stereocenters. The number of carbonyl (C=O) groups is 1. The van der Waals surface area contributed by atoms with E-state index in [1.165, 1.54) is 31.1 Å². The van der Waals surface area contributed by atoms with Crippen molar-refractivity contribution in [2.75, 3.05) is 25.4 Å². The number of esters is 1. The third kappa shape index (κ3) is 3.70. The maximum atomic E-state index is 11.9. The second kappa shape index (κ2) is 5.83. The van der Waals surface area contributed by atoms with Gasteiger partial charge < -0.3 is 4.74 Å². The molecular formula is C9H16N4O4S. The predicted octanol–water partition coefficient (Wildman–Crippen LogP) is -0.428. The lowest BCUT2D eigenvalue weighted by molar-refractivity contribution is -0.140. The third-order valence-electron chi connectivity index (χ3n) is 2.32. The van der Waals surface area contributed by atoms with Gasteiger partial charge in [0.15, 0.2) is 0 Å². The van der Waals surface area contributed by atoms with Crippen LogP contribution in [-0.2, 0) is 26.8 Å². The smallest absolute Gasteiger partial charge is 0.306 e. The predicted molar refractivity (Wildman–Crippen MR) is 65.0 cm³/mol. The molecule has 1 rings (SSSR count). The maximum Gasteiger partial charge on any atom is 0.306 e. The van der Waals surface area contributed by atoms with Crippen LogP contribution in [0.5, 0.6) is 0 Å². The number of nitrogens with zero attached hydrogens (tertiary/aromatic N) is 3. The van der Waals surface area contributed by atoms with Gasteiger partial charge in [0.25, 0.3) is 0 Å². The average molecular weight is 276 g/mol. The minimum absolute atomic E-state index is 0.000698. The Morgan fingerprint density at radius 1 is 1.61 bits per heavy atom. The molecule has 1 N–H and O–H groups in total. The molecule has 1 aromatic rings. The molecule has 1 heterocycles. The number of hydrogen-bond donors (Lipinski definition) is 1. The van der Waals surface area contributed by atoms with Crippen LogP contribution in [0.4, 0.5) is 5.82 Å². The molecule has 18 heavy (non-hydrogen) atoms. The Morgan fingerprint density at radius 2 is 2.28 bits per heavy atom. The van der Waals surface area contributed by atoms with E-state index in [0.29, 0.717) is 5.82 Å². The van der Waals surface area contributed by atoms with E-state index < -0.39 is 16.2 Å². The van der Waals surface area contributed by atoms with Gasteiger partial charge in [-0.05, 0) is 0 Å². The van der Waals surface area contributed by atoms with Crippen molar-refractivity contribution in [2.24, 2.45) is 7.05 Å². The fourth-order valence-corrected chi connectivity index (χ4v) is 2.11. The monoisotopic (exact) mass is 276 g/mol. The normalized spacial score (nSPS) is 11.6. The molecule has 0 fully saturated rings. The van der Waals surface area contributed by atoms with Gasteiger partial charge in [0.1, 0.15) is 5.82 Å². The van der Waals surface area contributed by atoms with Crippen molar-refractivity contribution >= 4 is 22.0 Å². The van der Waals surface area contributed by atoms with Gasteiger partial charge in [0.2, 0.25) is 0 Å². The molecule has 102 valence electrons. The van der Waals surface area contributed by atoms with E-state index in [1.807, 2.05) is 0 Å². The molecule has 9 heteroatoms. The van der Waals surface area contributed by atoms with Crippen molar-refractivity contribution in [2.45, 2.75) is 6.42 Å². The van der Waals surface area contributed by atoms with E-state index in [-0.39, 0.29) is 13.0 Å². The lowest BCUT2D eigenvalue weighted by Crippen LogP contribution is -2.34. The van der Waals surface area contributed by atoms with Gasteiger partial charge in [-0.3, -0.25) is 14.2 Å². The molecule has 0 radical (unpaired) electrons. The Kier molecular flexibility index (Phi) is 4.68. The van der Waals surface area contributed by atoms with E-state index in [4.69, 9.17) is 0 Å². The third-order valence-corrected chi connectivity index (χ3v) is 3.79. The van der Waals surface area contributed by atoms with Gasteiger partial charge in [-0.15, -0.1) is 0 Å². The first-order valence-electron chi connectivity index (χ1n) is 5.15. The quantitative estimate of drug-likeness (QED) is 0.712. The summed E-state index contributed by atoms with van der Waals surface area (Å²) in [4.78, 5) is 10.9. The molecule has 1 aromatic heterocycles. The summed E-state index contributed by atoms with van der Waals surface area (Å²) in [6.07, 6.45) is 1.48. The summed E-state index contributed by atoms with van der Waals surface area (Å²) < 4.78 is 33.0. The van der Waals surface area contributed by atoms with Crippen LogP contribution >= 0.6 is 0 Å². The number of methoxy groups -OCH3 is 1. The molecule has 0 aliphatic heterocycles. The number of rotatable bonds is 6. The second-order valence-corrected chi connectivity index (χ2v) is 5.37. The van der Waals surface area contributed by atoms with Crippen LogP contribution in [-0.4, -0.2) is 49.2 Å². The van der Waals surface area contributed by atoms with Crippen molar-refractivity contribution in [3.63, 3.8) is 0 Å². The van der Waals surface area contributed by atoms with Gasteiger partial charge in [0, 0.05) is 26.7 Å². The van der Waals surface area contributed by atoms with Gasteiger partial charge in [-0.1, -0.05) is 0 Å². The minimum atomic E-state index is -3.69. The second-order valence-electron chi connectivity index (χ2n) is 3.59. The SMILES string of the molecule is COC(=O)CCN(C)S(=O)(=O)Nc1ccnn1C.